The molecule has 0 heterocycles. The van der Waals surface area contributed by atoms with E-state index in [-0.39, 0.29) is 0 Å². The number of para-hydroxylation sites is 1. The average Bonchev–Trinajstić information content (AvgIpc) is 2.53. The summed E-state index contributed by atoms with van der Waals surface area (Å²) in [6.07, 6.45) is 0. The summed E-state index contributed by atoms with van der Waals surface area (Å²) >= 11 is 6.13. The zero-order chi connectivity index (χ0) is 15.2. The highest BCUT2D eigenvalue weighted by Crippen LogP contribution is 2.29. The number of nitrogens with zero attached hydrogens (tertiary/aromatic N) is 1. The Labute approximate surface area is 128 Å². The van der Waals surface area contributed by atoms with Gasteiger partial charge in [-0.3, -0.25) is 0 Å². The molecular weight excluding hydrogens is 288 g/mol. The van der Waals surface area contributed by atoms with Crippen LogP contribution >= 0.6 is 11.6 Å². The van der Waals surface area contributed by atoms with E-state index in [2.05, 4.69) is 6.07 Å². The van der Waals surface area contributed by atoms with Gasteiger partial charge in [0.25, 0.3) is 0 Å². The highest BCUT2D eigenvalue weighted by molar-refractivity contribution is 6.32. The Morgan fingerprint density at radius 2 is 2.10 bits per heavy atom. The fourth-order valence-electron chi connectivity index (χ4n) is 1.95. The molecule has 0 aliphatic rings. The number of nitriles is 1. The fraction of sp³-hybridized carbons (Fsp3) is 0.188. The molecule has 4 nitrogen and oxygen atoms in total. The standard InChI is InChI=1S/C16H15ClN2O2/c1-20-15-7-11(5-6-12(15)8-18)10-21-16-13(9-19)3-2-4-14(16)17/h2-7H,9-10,19H2,1H3. The molecule has 0 bridgehead atoms. The van der Waals surface area contributed by atoms with Gasteiger partial charge in [0.15, 0.2) is 0 Å². The third kappa shape index (κ3) is 3.46. The lowest BCUT2D eigenvalue weighted by molar-refractivity contribution is 0.302. The van der Waals surface area contributed by atoms with Crippen molar-refractivity contribution in [3.63, 3.8) is 0 Å². The van der Waals surface area contributed by atoms with Gasteiger partial charge in [-0.2, -0.15) is 5.26 Å². The molecule has 2 N–H and O–H groups in total. The molecule has 108 valence electrons. The summed E-state index contributed by atoms with van der Waals surface area (Å²) in [7, 11) is 1.53. The number of rotatable bonds is 5. The van der Waals surface area contributed by atoms with Crippen LogP contribution in [0.2, 0.25) is 5.02 Å². The van der Waals surface area contributed by atoms with Crippen LogP contribution in [-0.2, 0) is 13.2 Å². The minimum absolute atomic E-state index is 0.318. The highest BCUT2D eigenvalue weighted by Gasteiger charge is 2.09. The van der Waals surface area contributed by atoms with Crippen molar-refractivity contribution in [1.82, 2.24) is 0 Å². The van der Waals surface area contributed by atoms with Gasteiger partial charge >= 0.3 is 0 Å². The number of hydrogen-bond donors (Lipinski definition) is 1. The third-order valence-corrected chi connectivity index (χ3v) is 3.34. The summed E-state index contributed by atoms with van der Waals surface area (Å²) in [4.78, 5) is 0. The van der Waals surface area contributed by atoms with Gasteiger partial charge < -0.3 is 15.2 Å². The first kappa shape index (κ1) is 15.2. The van der Waals surface area contributed by atoms with Crippen LogP contribution in [0.3, 0.4) is 0 Å². The van der Waals surface area contributed by atoms with Crippen LogP contribution in [0.25, 0.3) is 0 Å². The van der Waals surface area contributed by atoms with Crippen LogP contribution < -0.4 is 15.2 Å². The summed E-state index contributed by atoms with van der Waals surface area (Å²) in [6, 6.07) is 12.8. The van der Waals surface area contributed by atoms with E-state index in [9.17, 15) is 0 Å². The molecule has 2 rings (SSSR count). The number of benzene rings is 2. The van der Waals surface area contributed by atoms with Gasteiger partial charge in [0.1, 0.15) is 24.2 Å². The molecule has 5 heteroatoms. The Kier molecular flexibility index (Phi) is 5.04. The van der Waals surface area contributed by atoms with Crippen LogP contribution in [0.1, 0.15) is 16.7 Å². The molecule has 0 unspecified atom stereocenters. The summed E-state index contributed by atoms with van der Waals surface area (Å²) < 4.78 is 10.9. The molecule has 0 atom stereocenters. The van der Waals surface area contributed by atoms with Gasteiger partial charge in [-0.1, -0.05) is 29.8 Å². The topological polar surface area (TPSA) is 68.3 Å². The van der Waals surface area contributed by atoms with Crippen molar-refractivity contribution in [2.24, 2.45) is 5.73 Å². The van der Waals surface area contributed by atoms with Crippen LogP contribution in [0.15, 0.2) is 36.4 Å². The van der Waals surface area contributed by atoms with Crippen molar-refractivity contribution in [3.05, 3.63) is 58.1 Å². The maximum Gasteiger partial charge on any atom is 0.142 e. The largest absolute Gasteiger partial charge is 0.495 e. The van der Waals surface area contributed by atoms with Crippen molar-refractivity contribution < 1.29 is 9.47 Å². The minimum Gasteiger partial charge on any atom is -0.495 e. The second-order valence-corrected chi connectivity index (χ2v) is 4.77. The van der Waals surface area contributed by atoms with Gasteiger partial charge in [-0.15, -0.1) is 0 Å². The molecule has 0 aliphatic carbocycles. The van der Waals surface area contributed by atoms with Gasteiger partial charge in [0.05, 0.1) is 17.7 Å². The Morgan fingerprint density at radius 1 is 1.29 bits per heavy atom. The summed E-state index contributed by atoms with van der Waals surface area (Å²) in [5.41, 5.74) is 7.90. The average molecular weight is 303 g/mol. The van der Waals surface area contributed by atoms with Crippen molar-refractivity contribution in [3.8, 4) is 17.6 Å². The Morgan fingerprint density at radius 3 is 2.76 bits per heavy atom. The normalized spacial score (nSPS) is 10.0. The maximum absolute atomic E-state index is 8.96. The molecule has 2 aromatic carbocycles. The summed E-state index contributed by atoms with van der Waals surface area (Å²) in [5, 5.41) is 9.49. The van der Waals surface area contributed by atoms with Crippen molar-refractivity contribution >= 4 is 11.6 Å². The number of hydrogen-bond acceptors (Lipinski definition) is 4. The Hall–Kier alpha value is -2.22. The number of methoxy groups -OCH3 is 1. The molecule has 0 saturated heterocycles. The second-order valence-electron chi connectivity index (χ2n) is 4.37. The lowest BCUT2D eigenvalue weighted by atomic mass is 10.1. The first-order chi connectivity index (χ1) is 10.2. The van der Waals surface area contributed by atoms with Gasteiger partial charge in [-0.25, -0.2) is 0 Å². The maximum atomic E-state index is 8.96. The third-order valence-electron chi connectivity index (χ3n) is 3.04. The van der Waals surface area contributed by atoms with E-state index in [1.165, 1.54) is 7.11 Å². The van der Waals surface area contributed by atoms with E-state index in [0.717, 1.165) is 11.1 Å². The van der Waals surface area contributed by atoms with Crippen LogP contribution in [-0.4, -0.2) is 7.11 Å². The molecule has 0 aliphatic heterocycles. The van der Waals surface area contributed by atoms with E-state index in [0.29, 0.717) is 35.2 Å². The SMILES string of the molecule is COc1cc(COc2c(Cl)cccc2CN)ccc1C#N. The number of nitrogens with two attached hydrogens (primary N) is 1. The minimum atomic E-state index is 0.318. The zero-order valence-corrected chi connectivity index (χ0v) is 12.4. The predicted octanol–water partition coefficient (Wildman–Crippen LogP) is 3.26. The lowest BCUT2D eigenvalue weighted by Gasteiger charge is -2.13. The van der Waals surface area contributed by atoms with Crippen LogP contribution in [0.5, 0.6) is 11.5 Å². The molecule has 2 aromatic rings. The highest BCUT2D eigenvalue weighted by atomic mass is 35.5. The number of halogens is 1. The smallest absolute Gasteiger partial charge is 0.142 e. The van der Waals surface area contributed by atoms with Gasteiger partial charge in [0.2, 0.25) is 0 Å². The summed E-state index contributed by atoms with van der Waals surface area (Å²) in [5.74, 6) is 1.11. The molecule has 0 fully saturated rings. The Balaban J connectivity index is 2.19. The summed E-state index contributed by atoms with van der Waals surface area (Å²) in [6.45, 7) is 0.672. The Bertz CT molecular complexity index is 680. The van der Waals surface area contributed by atoms with E-state index in [1.807, 2.05) is 18.2 Å². The second kappa shape index (κ2) is 6.98. The zero-order valence-electron chi connectivity index (χ0n) is 11.6. The van der Waals surface area contributed by atoms with Crippen LogP contribution in [0, 0.1) is 11.3 Å². The van der Waals surface area contributed by atoms with Gasteiger partial charge in [0, 0.05) is 12.1 Å². The van der Waals surface area contributed by atoms with Crippen molar-refractivity contribution in [1.29, 1.82) is 5.26 Å². The molecule has 0 saturated carbocycles. The van der Waals surface area contributed by atoms with E-state index in [1.54, 1.807) is 18.2 Å². The van der Waals surface area contributed by atoms with Crippen LogP contribution in [0.4, 0.5) is 0 Å². The first-order valence-corrected chi connectivity index (χ1v) is 6.74. The molecule has 0 aromatic heterocycles. The van der Waals surface area contributed by atoms with Crippen molar-refractivity contribution in [2.45, 2.75) is 13.2 Å². The molecule has 21 heavy (non-hydrogen) atoms. The van der Waals surface area contributed by atoms with E-state index < -0.39 is 0 Å². The molecule has 0 spiro atoms. The molecule has 0 amide bonds. The number of ether oxygens (including phenoxy) is 2. The monoisotopic (exact) mass is 302 g/mol. The van der Waals surface area contributed by atoms with Crippen molar-refractivity contribution in [2.75, 3.05) is 7.11 Å². The fourth-order valence-corrected chi connectivity index (χ4v) is 2.20. The molecular formula is C16H15ClN2O2. The van der Waals surface area contributed by atoms with Gasteiger partial charge in [-0.05, 0) is 23.8 Å². The van der Waals surface area contributed by atoms with E-state index in [4.69, 9.17) is 32.1 Å². The quantitative estimate of drug-likeness (QED) is 0.920. The van der Waals surface area contributed by atoms with E-state index >= 15 is 0 Å². The first-order valence-electron chi connectivity index (χ1n) is 6.37. The molecule has 0 radical (unpaired) electrons. The predicted molar refractivity (Wildman–Crippen MR) is 81.4 cm³/mol. The lowest BCUT2D eigenvalue weighted by Crippen LogP contribution is -2.03.